The summed E-state index contributed by atoms with van der Waals surface area (Å²) in [6.45, 7) is 3.65. The molecule has 1 fully saturated rings. The van der Waals surface area contributed by atoms with Gasteiger partial charge in [0.15, 0.2) is 0 Å². The van der Waals surface area contributed by atoms with E-state index in [9.17, 15) is 19.2 Å². The van der Waals surface area contributed by atoms with Gasteiger partial charge in [-0.25, -0.2) is 0 Å². The Kier molecular flexibility index (Phi) is 10.3. The van der Waals surface area contributed by atoms with Crippen LogP contribution in [-0.2, 0) is 30.3 Å². The highest BCUT2D eigenvalue weighted by molar-refractivity contribution is 6.08. The molecular weight excluding hydrogens is 392 g/mol. The zero-order valence-corrected chi connectivity index (χ0v) is 18.7. The molecule has 0 bridgehead atoms. The Bertz CT molecular complexity index is 778. The van der Waals surface area contributed by atoms with E-state index < -0.39 is 0 Å². The summed E-state index contributed by atoms with van der Waals surface area (Å²) in [7, 11) is 0. The Hall–Kier alpha value is -2.56. The molecule has 1 aliphatic carbocycles. The molecule has 1 aliphatic rings. The Labute approximate surface area is 185 Å². The summed E-state index contributed by atoms with van der Waals surface area (Å²) in [5.74, 6) is -0.779. The molecule has 1 saturated carbocycles. The molecule has 0 N–H and O–H groups in total. The molecule has 2 rings (SSSR count). The van der Waals surface area contributed by atoms with E-state index in [2.05, 4.69) is 0 Å². The van der Waals surface area contributed by atoms with Crippen LogP contribution in [0.4, 0.5) is 0 Å². The fourth-order valence-corrected chi connectivity index (χ4v) is 3.96. The number of benzene rings is 1. The van der Waals surface area contributed by atoms with Crippen LogP contribution in [0, 0.1) is 11.8 Å². The van der Waals surface area contributed by atoms with Crippen molar-refractivity contribution in [1.29, 1.82) is 0 Å². The Morgan fingerprint density at radius 2 is 1.71 bits per heavy atom. The second kappa shape index (κ2) is 13.0. The second-order valence-corrected chi connectivity index (χ2v) is 8.52. The molecule has 0 radical (unpaired) electrons. The minimum Gasteiger partial charge on any atom is -0.463 e. The average Bonchev–Trinajstić information content (AvgIpc) is 3.00. The van der Waals surface area contributed by atoms with E-state index in [1.807, 2.05) is 56.3 Å². The van der Waals surface area contributed by atoms with Gasteiger partial charge in [-0.2, -0.15) is 0 Å². The van der Waals surface area contributed by atoms with Gasteiger partial charge >= 0.3 is 5.97 Å². The third-order valence-electron chi connectivity index (χ3n) is 5.61. The Morgan fingerprint density at radius 3 is 2.42 bits per heavy atom. The van der Waals surface area contributed by atoms with Gasteiger partial charge in [0, 0.05) is 31.1 Å². The van der Waals surface area contributed by atoms with Crippen LogP contribution in [0.3, 0.4) is 0 Å². The Balaban J connectivity index is 1.72. The van der Waals surface area contributed by atoms with Gasteiger partial charge in [-0.15, -0.1) is 0 Å². The summed E-state index contributed by atoms with van der Waals surface area (Å²) in [5, 5.41) is 0. The minimum atomic E-state index is -0.348. The van der Waals surface area contributed by atoms with Gasteiger partial charge in [0.2, 0.25) is 0 Å². The fraction of sp³-hybridized carbons (Fsp3) is 0.538. The maximum atomic E-state index is 12.3. The van der Waals surface area contributed by atoms with Crippen molar-refractivity contribution in [2.24, 2.45) is 11.8 Å². The van der Waals surface area contributed by atoms with E-state index in [1.54, 1.807) is 0 Å². The van der Waals surface area contributed by atoms with Crippen LogP contribution in [0.15, 0.2) is 42.5 Å². The molecule has 0 aromatic heterocycles. The lowest BCUT2D eigenvalue weighted by Gasteiger charge is -2.15. The van der Waals surface area contributed by atoms with E-state index in [0.29, 0.717) is 44.9 Å². The number of Topliss-reactive ketones (excluding diaryl/α,β-unsaturated/α-hetero) is 3. The molecular formula is C26H34O5. The predicted molar refractivity (Wildman–Crippen MR) is 119 cm³/mol. The molecule has 5 nitrogen and oxygen atoms in total. The predicted octanol–water partition coefficient (Wildman–Crippen LogP) is 4.81. The van der Waals surface area contributed by atoms with Crippen molar-refractivity contribution in [3.63, 3.8) is 0 Å². The summed E-state index contributed by atoms with van der Waals surface area (Å²) < 4.78 is 5.09. The molecule has 0 spiro atoms. The minimum absolute atomic E-state index is 0.0115. The number of unbranched alkanes of at least 4 members (excludes halogenated alkanes) is 1. The summed E-state index contributed by atoms with van der Waals surface area (Å²) in [5.41, 5.74) is 1.13. The number of allylic oxidation sites excluding steroid dienone is 2. The van der Waals surface area contributed by atoms with Crippen LogP contribution in [0.1, 0.15) is 70.8 Å². The van der Waals surface area contributed by atoms with Gasteiger partial charge in [0.1, 0.15) is 17.3 Å². The first-order valence-electron chi connectivity index (χ1n) is 11.3. The van der Waals surface area contributed by atoms with Crippen molar-refractivity contribution in [1.82, 2.24) is 0 Å². The molecule has 31 heavy (non-hydrogen) atoms. The van der Waals surface area contributed by atoms with Crippen molar-refractivity contribution < 1.29 is 23.9 Å². The van der Waals surface area contributed by atoms with Gasteiger partial charge < -0.3 is 4.74 Å². The highest BCUT2D eigenvalue weighted by Gasteiger charge is 2.40. The summed E-state index contributed by atoms with van der Waals surface area (Å²) in [6, 6.07) is 9.86. The maximum Gasteiger partial charge on any atom is 0.306 e. The van der Waals surface area contributed by atoms with Crippen LogP contribution < -0.4 is 0 Å². The van der Waals surface area contributed by atoms with Gasteiger partial charge in [-0.3, -0.25) is 19.2 Å². The van der Waals surface area contributed by atoms with Crippen molar-refractivity contribution in [2.75, 3.05) is 0 Å². The maximum absolute atomic E-state index is 12.3. The number of ketones is 3. The number of hydrogen-bond donors (Lipinski definition) is 0. The van der Waals surface area contributed by atoms with Crippen LogP contribution in [0.2, 0.25) is 0 Å². The number of carbonyl (C=O) groups is 4. The molecule has 0 heterocycles. The monoisotopic (exact) mass is 426 g/mol. The van der Waals surface area contributed by atoms with E-state index in [-0.39, 0.29) is 47.7 Å². The summed E-state index contributed by atoms with van der Waals surface area (Å²) in [6.07, 6.45) is 8.05. The highest BCUT2D eigenvalue weighted by Crippen LogP contribution is 2.32. The van der Waals surface area contributed by atoms with Crippen LogP contribution in [0.5, 0.6) is 0 Å². The van der Waals surface area contributed by atoms with Crippen LogP contribution >= 0.6 is 0 Å². The molecule has 5 heteroatoms. The first-order chi connectivity index (χ1) is 14.9. The normalized spacial score (nSPS) is 18.8. The smallest absolute Gasteiger partial charge is 0.306 e. The highest BCUT2D eigenvalue weighted by atomic mass is 16.5. The number of rotatable bonds is 13. The van der Waals surface area contributed by atoms with Gasteiger partial charge in [-0.1, -0.05) is 42.5 Å². The van der Waals surface area contributed by atoms with E-state index >= 15 is 0 Å². The third kappa shape index (κ3) is 8.99. The van der Waals surface area contributed by atoms with Crippen molar-refractivity contribution >= 4 is 23.3 Å². The van der Waals surface area contributed by atoms with Gasteiger partial charge in [-0.05, 0) is 51.5 Å². The third-order valence-corrected chi connectivity index (χ3v) is 5.61. The molecule has 1 aromatic rings. The largest absolute Gasteiger partial charge is 0.463 e. The lowest BCUT2D eigenvalue weighted by atomic mass is 9.87. The van der Waals surface area contributed by atoms with Gasteiger partial charge in [0.25, 0.3) is 0 Å². The van der Waals surface area contributed by atoms with E-state index in [1.165, 1.54) is 0 Å². The van der Waals surface area contributed by atoms with Crippen molar-refractivity contribution in [3.8, 4) is 0 Å². The lowest BCUT2D eigenvalue weighted by Crippen LogP contribution is -2.18. The number of hydrogen-bond acceptors (Lipinski definition) is 5. The second-order valence-electron chi connectivity index (χ2n) is 8.52. The molecule has 0 amide bonds. The SMILES string of the molecule is CC(C)OC(=O)CCC/C=C/C[C@H]1C(=O)CC(=O)[C@@H]1CCC(=O)CCc1ccccc1. The number of esters is 1. The molecule has 168 valence electrons. The summed E-state index contributed by atoms with van der Waals surface area (Å²) in [4.78, 5) is 48.3. The number of ether oxygens (including phenoxy) is 1. The average molecular weight is 427 g/mol. The standard InChI is InChI=1S/C26H34O5/c1-19(2)31-26(30)13-9-4-3-8-12-22-23(25(29)18-24(22)28)17-16-21(27)15-14-20-10-6-5-7-11-20/h3,5-8,10-11,19,22-23H,4,9,12-18H2,1-2H3/b8-3+/t22-,23-/m1/s1. The lowest BCUT2D eigenvalue weighted by molar-refractivity contribution is -0.147. The number of aryl methyl sites for hydroxylation is 1. The molecule has 0 unspecified atom stereocenters. The van der Waals surface area contributed by atoms with Gasteiger partial charge in [0.05, 0.1) is 12.5 Å². The van der Waals surface area contributed by atoms with E-state index in [0.717, 1.165) is 12.0 Å². The molecule has 1 aromatic carbocycles. The first-order valence-corrected chi connectivity index (χ1v) is 11.3. The zero-order chi connectivity index (χ0) is 22.6. The molecule has 0 aliphatic heterocycles. The fourth-order valence-electron chi connectivity index (χ4n) is 3.96. The Morgan fingerprint density at radius 1 is 1.00 bits per heavy atom. The van der Waals surface area contributed by atoms with Crippen molar-refractivity contribution in [2.45, 2.75) is 77.7 Å². The molecule has 2 atom stereocenters. The van der Waals surface area contributed by atoms with Crippen molar-refractivity contribution in [3.05, 3.63) is 48.0 Å². The molecule has 0 saturated heterocycles. The number of carbonyl (C=O) groups excluding carboxylic acids is 4. The zero-order valence-electron chi connectivity index (χ0n) is 18.7. The first kappa shape index (κ1) is 24.7. The summed E-state index contributed by atoms with van der Waals surface area (Å²) >= 11 is 0. The van der Waals surface area contributed by atoms with Crippen LogP contribution in [-0.4, -0.2) is 29.4 Å². The quantitative estimate of drug-likeness (QED) is 0.196. The van der Waals surface area contributed by atoms with E-state index in [4.69, 9.17) is 4.74 Å². The van der Waals surface area contributed by atoms with Crippen LogP contribution in [0.25, 0.3) is 0 Å². The topological polar surface area (TPSA) is 77.5 Å².